The fourth-order valence-corrected chi connectivity index (χ4v) is 2.72. The Morgan fingerprint density at radius 3 is 2.75 bits per heavy atom. The molecular formula is C14H16N3O2S+. The molecule has 0 aliphatic heterocycles. The van der Waals surface area contributed by atoms with Crippen molar-refractivity contribution in [2.75, 3.05) is 0 Å². The van der Waals surface area contributed by atoms with Crippen molar-refractivity contribution in [1.82, 2.24) is 10.2 Å². The van der Waals surface area contributed by atoms with Crippen molar-refractivity contribution in [2.45, 2.75) is 25.9 Å². The maximum atomic E-state index is 5.73. The predicted molar refractivity (Wildman–Crippen MR) is 75.1 cm³/mol. The fraction of sp³-hybridized carbons (Fsp3) is 0.286. The molecular weight excluding hydrogens is 274 g/mol. The second kappa shape index (κ2) is 5.60. The second-order valence-electron chi connectivity index (χ2n) is 4.71. The summed E-state index contributed by atoms with van der Waals surface area (Å²) >= 11 is 1.59. The molecule has 0 bridgehead atoms. The Morgan fingerprint density at radius 2 is 2.05 bits per heavy atom. The largest absolute Gasteiger partial charge is 0.463 e. The molecule has 5 nitrogen and oxygen atoms in total. The molecule has 6 heteroatoms. The first-order valence-corrected chi connectivity index (χ1v) is 7.37. The molecule has 0 saturated carbocycles. The molecule has 2 N–H and O–H groups in total. The Labute approximate surface area is 120 Å². The van der Waals surface area contributed by atoms with Gasteiger partial charge < -0.3 is 14.2 Å². The molecule has 3 rings (SSSR count). The molecule has 0 aliphatic carbocycles. The zero-order valence-corrected chi connectivity index (χ0v) is 12.1. The highest BCUT2D eigenvalue weighted by Crippen LogP contribution is 2.24. The standard InChI is InChI=1S/C14H15N3O2S/c1-9(11-5-3-7-18-11)15-10(2)13-16-17-14(19-13)12-6-4-8-20-12/h3-10,15H,1-2H3/p+1/t9-,10+/m0/s1. The Hall–Kier alpha value is -1.92. The van der Waals surface area contributed by atoms with Gasteiger partial charge in [0, 0.05) is 0 Å². The van der Waals surface area contributed by atoms with Gasteiger partial charge in [-0.2, -0.15) is 0 Å². The van der Waals surface area contributed by atoms with E-state index in [9.17, 15) is 0 Å². The number of quaternary nitrogens is 1. The van der Waals surface area contributed by atoms with Gasteiger partial charge in [0.15, 0.2) is 11.8 Å². The van der Waals surface area contributed by atoms with Gasteiger partial charge in [-0.3, -0.25) is 0 Å². The van der Waals surface area contributed by atoms with Gasteiger partial charge in [0.25, 0.3) is 11.8 Å². The van der Waals surface area contributed by atoms with Crippen LogP contribution in [0.2, 0.25) is 0 Å². The van der Waals surface area contributed by atoms with Crippen LogP contribution >= 0.6 is 11.3 Å². The number of nitrogens with zero attached hydrogens (tertiary/aromatic N) is 2. The van der Waals surface area contributed by atoms with Crippen molar-refractivity contribution >= 4 is 11.3 Å². The highest BCUT2D eigenvalue weighted by atomic mass is 32.1. The lowest BCUT2D eigenvalue weighted by atomic mass is 10.2. The fourth-order valence-electron chi connectivity index (χ4n) is 2.08. The summed E-state index contributed by atoms with van der Waals surface area (Å²) in [4.78, 5) is 0.995. The van der Waals surface area contributed by atoms with Gasteiger partial charge in [0.2, 0.25) is 0 Å². The minimum atomic E-state index is 0.0799. The Kier molecular flexibility index (Phi) is 3.66. The van der Waals surface area contributed by atoms with E-state index in [-0.39, 0.29) is 12.1 Å². The molecule has 0 fully saturated rings. The summed E-state index contributed by atoms with van der Waals surface area (Å²) in [5, 5.41) is 12.4. The maximum Gasteiger partial charge on any atom is 0.274 e. The summed E-state index contributed by atoms with van der Waals surface area (Å²) in [6, 6.07) is 8.10. The molecule has 0 saturated heterocycles. The molecule has 2 atom stereocenters. The van der Waals surface area contributed by atoms with Crippen molar-refractivity contribution in [3.63, 3.8) is 0 Å². The molecule has 0 radical (unpaired) electrons. The summed E-state index contributed by atoms with van der Waals surface area (Å²) in [5.74, 6) is 2.16. The van der Waals surface area contributed by atoms with E-state index < -0.39 is 0 Å². The Bertz CT molecular complexity index is 646. The van der Waals surface area contributed by atoms with E-state index in [1.54, 1.807) is 17.6 Å². The van der Waals surface area contributed by atoms with Gasteiger partial charge in [-0.05, 0) is 37.4 Å². The minimum Gasteiger partial charge on any atom is -0.463 e. The van der Waals surface area contributed by atoms with Gasteiger partial charge in [0.1, 0.15) is 6.04 Å². The second-order valence-corrected chi connectivity index (χ2v) is 5.66. The summed E-state index contributed by atoms with van der Waals surface area (Å²) in [6.07, 6.45) is 1.69. The first kappa shape index (κ1) is 13.1. The zero-order chi connectivity index (χ0) is 13.9. The van der Waals surface area contributed by atoms with Crippen molar-refractivity contribution in [3.8, 4) is 10.8 Å². The van der Waals surface area contributed by atoms with Crippen LogP contribution in [-0.4, -0.2) is 10.2 Å². The molecule has 0 amide bonds. The number of thiophene rings is 1. The van der Waals surface area contributed by atoms with Crippen LogP contribution in [0, 0.1) is 0 Å². The van der Waals surface area contributed by atoms with Crippen LogP contribution in [-0.2, 0) is 0 Å². The van der Waals surface area contributed by atoms with E-state index in [1.807, 2.05) is 36.6 Å². The van der Waals surface area contributed by atoms with Crippen LogP contribution in [0.25, 0.3) is 10.8 Å². The Balaban J connectivity index is 1.70. The van der Waals surface area contributed by atoms with Gasteiger partial charge in [-0.1, -0.05) is 6.07 Å². The minimum absolute atomic E-state index is 0.0799. The molecule has 0 unspecified atom stereocenters. The SMILES string of the molecule is C[C@H]([NH2+][C@H](C)c1nnc(-c2cccs2)o1)c1ccco1. The van der Waals surface area contributed by atoms with Gasteiger partial charge in [-0.25, -0.2) is 0 Å². The zero-order valence-electron chi connectivity index (χ0n) is 11.3. The third-order valence-corrected chi connectivity index (χ3v) is 3.99. The smallest absolute Gasteiger partial charge is 0.274 e. The van der Waals surface area contributed by atoms with Crippen LogP contribution in [0.5, 0.6) is 0 Å². The first-order valence-electron chi connectivity index (χ1n) is 6.49. The lowest BCUT2D eigenvalue weighted by molar-refractivity contribution is -0.732. The third kappa shape index (κ3) is 2.66. The van der Waals surface area contributed by atoms with E-state index in [0.29, 0.717) is 11.8 Å². The number of furan rings is 1. The molecule has 104 valence electrons. The number of rotatable bonds is 5. The van der Waals surface area contributed by atoms with E-state index in [1.165, 1.54) is 0 Å². The Morgan fingerprint density at radius 1 is 1.15 bits per heavy atom. The maximum absolute atomic E-state index is 5.73. The molecule has 3 heterocycles. The van der Waals surface area contributed by atoms with E-state index in [4.69, 9.17) is 8.83 Å². The van der Waals surface area contributed by atoms with Crippen molar-refractivity contribution < 1.29 is 14.2 Å². The summed E-state index contributed by atoms with van der Waals surface area (Å²) in [7, 11) is 0. The number of hydrogen-bond acceptors (Lipinski definition) is 5. The molecule has 0 aliphatic rings. The van der Waals surface area contributed by atoms with Crippen molar-refractivity contribution in [2.24, 2.45) is 0 Å². The average molecular weight is 290 g/mol. The van der Waals surface area contributed by atoms with Gasteiger partial charge in [0.05, 0.1) is 11.1 Å². The monoisotopic (exact) mass is 290 g/mol. The normalized spacial score (nSPS) is 14.3. The van der Waals surface area contributed by atoms with Crippen LogP contribution in [0.15, 0.2) is 44.7 Å². The molecule has 3 aromatic heterocycles. The number of aromatic nitrogens is 2. The van der Waals surface area contributed by atoms with Gasteiger partial charge in [-0.15, -0.1) is 21.5 Å². The van der Waals surface area contributed by atoms with E-state index in [0.717, 1.165) is 10.6 Å². The molecule has 0 aromatic carbocycles. The number of hydrogen-bond donors (Lipinski definition) is 1. The average Bonchev–Trinajstić information content (AvgIpc) is 3.19. The third-order valence-electron chi connectivity index (χ3n) is 3.13. The lowest BCUT2D eigenvalue weighted by Crippen LogP contribution is -2.85. The first-order chi connectivity index (χ1) is 9.74. The summed E-state index contributed by atoms with van der Waals surface area (Å²) in [6.45, 7) is 4.14. The lowest BCUT2D eigenvalue weighted by Gasteiger charge is -2.11. The molecule has 20 heavy (non-hydrogen) atoms. The number of nitrogens with two attached hydrogens (primary N) is 1. The van der Waals surface area contributed by atoms with E-state index in [2.05, 4.69) is 22.4 Å². The van der Waals surface area contributed by atoms with Gasteiger partial charge >= 0.3 is 0 Å². The molecule has 0 spiro atoms. The highest BCUT2D eigenvalue weighted by Gasteiger charge is 2.22. The van der Waals surface area contributed by atoms with Crippen LogP contribution in [0.4, 0.5) is 0 Å². The van der Waals surface area contributed by atoms with Crippen LogP contribution < -0.4 is 5.32 Å². The summed E-state index contributed by atoms with van der Waals surface area (Å²) in [5.41, 5.74) is 0. The predicted octanol–water partition coefficient (Wildman–Crippen LogP) is 2.78. The molecule has 3 aromatic rings. The van der Waals surface area contributed by atoms with Crippen molar-refractivity contribution in [3.05, 3.63) is 47.6 Å². The quantitative estimate of drug-likeness (QED) is 0.784. The highest BCUT2D eigenvalue weighted by molar-refractivity contribution is 7.13. The van der Waals surface area contributed by atoms with Crippen LogP contribution in [0.1, 0.15) is 37.6 Å². The van der Waals surface area contributed by atoms with Crippen LogP contribution in [0.3, 0.4) is 0 Å². The topological polar surface area (TPSA) is 68.7 Å². The van der Waals surface area contributed by atoms with E-state index >= 15 is 0 Å². The van der Waals surface area contributed by atoms with Crippen molar-refractivity contribution in [1.29, 1.82) is 0 Å². The summed E-state index contributed by atoms with van der Waals surface area (Å²) < 4.78 is 11.1.